The average molecular weight is 475 g/mol. The van der Waals surface area contributed by atoms with Crippen molar-refractivity contribution in [2.45, 2.75) is 52.0 Å². The molecule has 9 heteroatoms. The number of fused-ring (bicyclic) bond motifs is 1. The fourth-order valence-corrected chi connectivity index (χ4v) is 5.09. The lowest BCUT2D eigenvalue weighted by molar-refractivity contribution is -0.384. The van der Waals surface area contributed by atoms with Crippen molar-refractivity contribution in [2.75, 3.05) is 23.3 Å². The van der Waals surface area contributed by atoms with Gasteiger partial charge in [0.2, 0.25) is 0 Å². The van der Waals surface area contributed by atoms with Crippen molar-refractivity contribution < 1.29 is 9.72 Å². The van der Waals surface area contributed by atoms with E-state index in [9.17, 15) is 14.9 Å². The van der Waals surface area contributed by atoms with Crippen LogP contribution >= 0.6 is 0 Å². The summed E-state index contributed by atoms with van der Waals surface area (Å²) in [6, 6.07) is 12.2. The number of anilines is 2. The summed E-state index contributed by atoms with van der Waals surface area (Å²) in [6.07, 6.45) is 6.54. The minimum Gasteiger partial charge on any atom is -0.366 e. The van der Waals surface area contributed by atoms with Gasteiger partial charge in [-0.15, -0.1) is 10.2 Å². The third kappa shape index (κ3) is 4.89. The number of nitro benzene ring substituents is 1. The molecular formula is C26H30N6O3. The van der Waals surface area contributed by atoms with Crippen LogP contribution in [0.5, 0.6) is 0 Å². The van der Waals surface area contributed by atoms with Crippen molar-refractivity contribution in [1.82, 2.24) is 14.8 Å². The minimum atomic E-state index is -0.401. The fraction of sp³-hybridized carbons (Fsp3) is 0.423. The Bertz CT molecular complexity index is 1240. The van der Waals surface area contributed by atoms with Crippen LogP contribution < -0.4 is 10.2 Å². The Kier molecular flexibility index (Phi) is 6.48. The SMILES string of the molecule is C[C@@H]1CCCN(c2ccc(C(=O)Nc3ccc(-c4nnc5n4CCCCC5)cc3)cc2[N+](=O)[O-])C1. The van der Waals surface area contributed by atoms with Gasteiger partial charge in [0.15, 0.2) is 5.82 Å². The lowest BCUT2D eigenvalue weighted by Gasteiger charge is -2.32. The summed E-state index contributed by atoms with van der Waals surface area (Å²) >= 11 is 0. The first-order valence-corrected chi connectivity index (χ1v) is 12.4. The number of piperidine rings is 1. The zero-order chi connectivity index (χ0) is 24.4. The van der Waals surface area contributed by atoms with Crippen LogP contribution in [0.3, 0.4) is 0 Å². The number of nitro groups is 1. The number of benzene rings is 2. The van der Waals surface area contributed by atoms with Crippen LogP contribution in [0.2, 0.25) is 0 Å². The first kappa shape index (κ1) is 23.0. The van der Waals surface area contributed by atoms with Crippen LogP contribution in [0.25, 0.3) is 11.4 Å². The molecule has 35 heavy (non-hydrogen) atoms. The second-order valence-electron chi connectivity index (χ2n) is 9.59. The number of carbonyl (C=O) groups is 1. The van der Waals surface area contributed by atoms with Crippen LogP contribution in [-0.4, -0.2) is 38.7 Å². The van der Waals surface area contributed by atoms with E-state index < -0.39 is 4.92 Å². The number of aryl methyl sites for hydroxylation is 1. The molecule has 0 unspecified atom stereocenters. The zero-order valence-corrected chi connectivity index (χ0v) is 19.9. The molecule has 1 N–H and O–H groups in total. The van der Waals surface area contributed by atoms with E-state index in [1.54, 1.807) is 12.1 Å². The van der Waals surface area contributed by atoms with Crippen LogP contribution in [0.15, 0.2) is 42.5 Å². The number of nitrogens with zero attached hydrogens (tertiary/aromatic N) is 5. The smallest absolute Gasteiger partial charge is 0.293 e. The summed E-state index contributed by atoms with van der Waals surface area (Å²) in [6.45, 7) is 4.65. The highest BCUT2D eigenvalue weighted by molar-refractivity contribution is 6.05. The first-order chi connectivity index (χ1) is 17.0. The Morgan fingerprint density at radius 1 is 1.06 bits per heavy atom. The molecule has 182 valence electrons. The molecule has 2 aromatic carbocycles. The summed E-state index contributed by atoms with van der Waals surface area (Å²) in [5, 5.41) is 23.4. The molecule has 1 aromatic heterocycles. The Labute approximate surface area is 204 Å². The molecular weight excluding hydrogens is 444 g/mol. The molecule has 0 aliphatic carbocycles. The molecule has 1 saturated heterocycles. The molecule has 0 saturated carbocycles. The number of hydrogen-bond donors (Lipinski definition) is 1. The molecule has 1 amide bonds. The van der Waals surface area contributed by atoms with E-state index >= 15 is 0 Å². The van der Waals surface area contributed by atoms with Gasteiger partial charge in [-0.2, -0.15) is 0 Å². The molecule has 0 bridgehead atoms. The van der Waals surface area contributed by atoms with Crippen LogP contribution in [0, 0.1) is 16.0 Å². The van der Waals surface area contributed by atoms with Crippen molar-refractivity contribution >= 4 is 23.0 Å². The summed E-state index contributed by atoms with van der Waals surface area (Å²) in [7, 11) is 0. The highest BCUT2D eigenvalue weighted by Gasteiger charge is 2.25. The van der Waals surface area contributed by atoms with E-state index in [2.05, 4.69) is 31.9 Å². The Morgan fingerprint density at radius 2 is 1.89 bits per heavy atom. The van der Waals surface area contributed by atoms with Crippen molar-refractivity contribution in [3.05, 3.63) is 64.0 Å². The molecule has 9 nitrogen and oxygen atoms in total. The van der Waals surface area contributed by atoms with E-state index in [0.717, 1.165) is 69.0 Å². The van der Waals surface area contributed by atoms with Crippen molar-refractivity contribution in [1.29, 1.82) is 0 Å². The van der Waals surface area contributed by atoms with Crippen molar-refractivity contribution in [2.24, 2.45) is 5.92 Å². The maximum atomic E-state index is 12.9. The zero-order valence-electron chi connectivity index (χ0n) is 19.9. The predicted octanol–water partition coefficient (Wildman–Crippen LogP) is 5.07. The third-order valence-corrected chi connectivity index (χ3v) is 6.94. The highest BCUT2D eigenvalue weighted by Crippen LogP contribution is 2.33. The molecule has 3 aromatic rings. The van der Waals surface area contributed by atoms with Crippen LogP contribution in [0.1, 0.15) is 55.2 Å². The predicted molar refractivity (Wildman–Crippen MR) is 135 cm³/mol. The Hall–Kier alpha value is -3.75. The Morgan fingerprint density at radius 3 is 2.66 bits per heavy atom. The van der Waals surface area contributed by atoms with E-state index in [-0.39, 0.29) is 17.2 Å². The highest BCUT2D eigenvalue weighted by atomic mass is 16.6. The normalized spacial score (nSPS) is 18.0. The number of aromatic nitrogens is 3. The first-order valence-electron chi connectivity index (χ1n) is 12.4. The van der Waals surface area contributed by atoms with Gasteiger partial charge in [0.25, 0.3) is 11.6 Å². The minimum absolute atomic E-state index is 0.0328. The van der Waals surface area contributed by atoms with Gasteiger partial charge in [-0.1, -0.05) is 13.3 Å². The van der Waals surface area contributed by atoms with E-state index in [4.69, 9.17) is 0 Å². The molecule has 0 radical (unpaired) electrons. The van der Waals surface area contributed by atoms with E-state index in [0.29, 0.717) is 17.3 Å². The van der Waals surface area contributed by atoms with Gasteiger partial charge >= 0.3 is 0 Å². The number of amides is 1. The summed E-state index contributed by atoms with van der Waals surface area (Å²) < 4.78 is 2.18. The molecule has 0 spiro atoms. The monoisotopic (exact) mass is 474 g/mol. The molecule has 5 rings (SSSR count). The average Bonchev–Trinajstić information content (AvgIpc) is 3.12. The lowest BCUT2D eigenvalue weighted by atomic mass is 9.99. The molecule has 1 atom stereocenters. The molecule has 2 aliphatic rings. The maximum Gasteiger partial charge on any atom is 0.293 e. The van der Waals surface area contributed by atoms with Gasteiger partial charge < -0.3 is 14.8 Å². The van der Waals surface area contributed by atoms with Gasteiger partial charge in [0, 0.05) is 48.9 Å². The van der Waals surface area contributed by atoms with Gasteiger partial charge in [-0.05, 0) is 68.0 Å². The number of hydrogen-bond acceptors (Lipinski definition) is 6. The van der Waals surface area contributed by atoms with Gasteiger partial charge in [0.05, 0.1) is 4.92 Å². The van der Waals surface area contributed by atoms with Crippen LogP contribution in [0.4, 0.5) is 17.1 Å². The Balaban J connectivity index is 1.32. The second-order valence-corrected chi connectivity index (χ2v) is 9.59. The van der Waals surface area contributed by atoms with Crippen molar-refractivity contribution in [3.63, 3.8) is 0 Å². The molecule has 1 fully saturated rings. The third-order valence-electron chi connectivity index (χ3n) is 6.94. The van der Waals surface area contributed by atoms with Gasteiger partial charge in [0.1, 0.15) is 11.5 Å². The summed E-state index contributed by atoms with van der Waals surface area (Å²) in [4.78, 5) is 26.3. The quantitative estimate of drug-likeness (QED) is 0.409. The van der Waals surface area contributed by atoms with E-state index in [1.165, 1.54) is 12.5 Å². The molecule has 3 heterocycles. The fourth-order valence-electron chi connectivity index (χ4n) is 5.09. The van der Waals surface area contributed by atoms with Crippen LogP contribution in [-0.2, 0) is 13.0 Å². The van der Waals surface area contributed by atoms with Gasteiger partial charge in [-0.3, -0.25) is 14.9 Å². The summed E-state index contributed by atoms with van der Waals surface area (Å²) in [5.41, 5.74) is 2.37. The maximum absolute atomic E-state index is 12.9. The number of nitrogens with one attached hydrogen (secondary N) is 1. The van der Waals surface area contributed by atoms with Crippen molar-refractivity contribution in [3.8, 4) is 11.4 Å². The number of rotatable bonds is 5. The topological polar surface area (TPSA) is 106 Å². The number of carbonyl (C=O) groups excluding carboxylic acids is 1. The second kappa shape index (κ2) is 9.85. The lowest BCUT2D eigenvalue weighted by Crippen LogP contribution is -2.34. The van der Waals surface area contributed by atoms with E-state index in [1.807, 2.05) is 24.3 Å². The molecule has 2 aliphatic heterocycles. The summed E-state index contributed by atoms with van der Waals surface area (Å²) in [5.74, 6) is 1.98. The van der Waals surface area contributed by atoms with Gasteiger partial charge in [-0.25, -0.2) is 0 Å². The standard InChI is InChI=1S/C26H30N6O3/c1-18-6-5-14-30(17-18)22-13-10-20(16-23(22)32(34)35)26(33)27-21-11-8-19(9-12-21)25-29-28-24-7-3-2-4-15-31(24)25/h8-13,16,18H,2-7,14-15,17H2,1H3,(H,27,33)/t18-/m1/s1. The largest absolute Gasteiger partial charge is 0.366 e.